The molecule has 0 saturated carbocycles. The number of carbonyl (C=O) groups excluding carboxylic acids is 1. The van der Waals surface area contributed by atoms with E-state index in [1.54, 1.807) is 0 Å². The smallest absolute Gasteiger partial charge is 0.220 e. The van der Waals surface area contributed by atoms with Crippen LogP contribution in [0.15, 0.2) is 0 Å². The quantitative estimate of drug-likeness (QED) is 0.634. The number of halogens is 1. The Bertz CT molecular complexity index is 150. The zero-order chi connectivity index (χ0) is 10.8. The van der Waals surface area contributed by atoms with E-state index in [1.807, 2.05) is 0 Å². The molecule has 0 heterocycles. The van der Waals surface area contributed by atoms with Crippen molar-refractivity contribution in [2.24, 2.45) is 11.7 Å². The van der Waals surface area contributed by atoms with E-state index < -0.39 is 0 Å². The summed E-state index contributed by atoms with van der Waals surface area (Å²) in [4.78, 5) is 11.4. The van der Waals surface area contributed by atoms with Gasteiger partial charge in [-0.1, -0.05) is 26.7 Å². The maximum absolute atomic E-state index is 11.4. The van der Waals surface area contributed by atoms with Crippen LogP contribution in [-0.2, 0) is 4.79 Å². The molecule has 1 amide bonds. The zero-order valence-electron chi connectivity index (χ0n) is 9.92. The van der Waals surface area contributed by atoms with Crippen LogP contribution in [0.4, 0.5) is 0 Å². The molecule has 3 nitrogen and oxygen atoms in total. The summed E-state index contributed by atoms with van der Waals surface area (Å²) in [7, 11) is 0. The Kier molecular flexibility index (Phi) is 13.5. The minimum Gasteiger partial charge on any atom is -0.356 e. The lowest BCUT2D eigenvalue weighted by atomic mass is 9.99. The minimum atomic E-state index is 0. The Morgan fingerprint density at radius 1 is 1.27 bits per heavy atom. The van der Waals surface area contributed by atoms with Crippen molar-refractivity contribution in [3.05, 3.63) is 0 Å². The zero-order valence-corrected chi connectivity index (χ0v) is 10.7. The molecule has 0 fully saturated rings. The van der Waals surface area contributed by atoms with Gasteiger partial charge in [0.2, 0.25) is 5.91 Å². The second-order valence-electron chi connectivity index (χ2n) is 3.73. The summed E-state index contributed by atoms with van der Waals surface area (Å²) in [6, 6.07) is 0. The summed E-state index contributed by atoms with van der Waals surface area (Å²) < 4.78 is 0. The third kappa shape index (κ3) is 10.0. The highest BCUT2D eigenvalue weighted by Gasteiger charge is 2.08. The second-order valence-corrected chi connectivity index (χ2v) is 3.73. The largest absolute Gasteiger partial charge is 0.356 e. The lowest BCUT2D eigenvalue weighted by Gasteiger charge is -2.11. The summed E-state index contributed by atoms with van der Waals surface area (Å²) in [5.74, 6) is 0.736. The first-order valence-electron chi connectivity index (χ1n) is 5.71. The van der Waals surface area contributed by atoms with Crippen molar-refractivity contribution in [2.45, 2.75) is 46.0 Å². The normalized spacial score (nSPS) is 9.87. The van der Waals surface area contributed by atoms with Crippen molar-refractivity contribution in [1.82, 2.24) is 5.32 Å². The first-order valence-corrected chi connectivity index (χ1v) is 5.71. The molecule has 0 aliphatic heterocycles. The van der Waals surface area contributed by atoms with Crippen LogP contribution in [0, 0.1) is 5.92 Å². The van der Waals surface area contributed by atoms with E-state index in [2.05, 4.69) is 19.2 Å². The molecular weight excluding hydrogens is 212 g/mol. The van der Waals surface area contributed by atoms with E-state index >= 15 is 0 Å². The third-order valence-electron chi connectivity index (χ3n) is 2.58. The van der Waals surface area contributed by atoms with Crippen LogP contribution in [-0.4, -0.2) is 19.0 Å². The molecule has 0 spiro atoms. The molecule has 0 bridgehead atoms. The maximum Gasteiger partial charge on any atom is 0.220 e. The standard InChI is InChI=1S/C11H24N2O.ClH/c1-3-10(4-2)9-11(14)13-8-6-5-7-12;/h10H,3-9,12H2,1-2H3,(H,13,14);1H. The average Bonchev–Trinajstić information content (AvgIpc) is 2.21. The number of carbonyl (C=O) groups is 1. The molecular formula is C11H25ClN2O. The van der Waals surface area contributed by atoms with E-state index in [4.69, 9.17) is 5.73 Å². The molecule has 0 rings (SSSR count). The van der Waals surface area contributed by atoms with Crippen LogP contribution in [0.2, 0.25) is 0 Å². The molecule has 0 aromatic heterocycles. The van der Waals surface area contributed by atoms with Gasteiger partial charge in [0, 0.05) is 13.0 Å². The molecule has 0 unspecified atom stereocenters. The fourth-order valence-electron chi connectivity index (χ4n) is 1.41. The van der Waals surface area contributed by atoms with E-state index in [0.717, 1.165) is 32.2 Å². The van der Waals surface area contributed by atoms with Crippen LogP contribution in [0.3, 0.4) is 0 Å². The molecule has 15 heavy (non-hydrogen) atoms. The van der Waals surface area contributed by atoms with Gasteiger partial charge in [0.25, 0.3) is 0 Å². The lowest BCUT2D eigenvalue weighted by molar-refractivity contribution is -0.122. The molecule has 0 aromatic carbocycles. The first-order chi connectivity index (χ1) is 6.74. The van der Waals surface area contributed by atoms with Gasteiger partial charge in [-0.3, -0.25) is 4.79 Å². The number of hydrogen-bond donors (Lipinski definition) is 2. The fourth-order valence-corrected chi connectivity index (χ4v) is 1.41. The number of nitrogens with one attached hydrogen (secondary N) is 1. The molecule has 4 heteroatoms. The van der Waals surface area contributed by atoms with E-state index in [-0.39, 0.29) is 18.3 Å². The summed E-state index contributed by atoms with van der Waals surface area (Å²) in [5.41, 5.74) is 5.36. The van der Waals surface area contributed by atoms with E-state index in [0.29, 0.717) is 18.9 Å². The monoisotopic (exact) mass is 236 g/mol. The lowest BCUT2D eigenvalue weighted by Crippen LogP contribution is -2.26. The van der Waals surface area contributed by atoms with Gasteiger partial charge in [-0.15, -0.1) is 12.4 Å². The van der Waals surface area contributed by atoms with Crippen molar-refractivity contribution < 1.29 is 4.79 Å². The van der Waals surface area contributed by atoms with Crippen LogP contribution < -0.4 is 11.1 Å². The van der Waals surface area contributed by atoms with E-state index in [1.165, 1.54) is 0 Å². The highest BCUT2D eigenvalue weighted by atomic mass is 35.5. The van der Waals surface area contributed by atoms with Gasteiger partial charge < -0.3 is 11.1 Å². The highest BCUT2D eigenvalue weighted by Crippen LogP contribution is 2.11. The third-order valence-corrected chi connectivity index (χ3v) is 2.58. The van der Waals surface area contributed by atoms with Gasteiger partial charge in [-0.25, -0.2) is 0 Å². The van der Waals surface area contributed by atoms with E-state index in [9.17, 15) is 4.79 Å². The molecule has 0 aliphatic rings. The predicted molar refractivity (Wildman–Crippen MR) is 67.2 cm³/mol. The van der Waals surface area contributed by atoms with Crippen molar-refractivity contribution in [1.29, 1.82) is 0 Å². The van der Waals surface area contributed by atoms with Gasteiger partial charge in [0.05, 0.1) is 0 Å². The Morgan fingerprint density at radius 3 is 2.33 bits per heavy atom. The van der Waals surface area contributed by atoms with Gasteiger partial charge >= 0.3 is 0 Å². The topological polar surface area (TPSA) is 55.1 Å². The van der Waals surface area contributed by atoms with Crippen LogP contribution in [0.25, 0.3) is 0 Å². The molecule has 0 aromatic rings. The Morgan fingerprint density at radius 2 is 1.87 bits per heavy atom. The molecule has 0 atom stereocenters. The average molecular weight is 237 g/mol. The van der Waals surface area contributed by atoms with Gasteiger partial charge in [0.15, 0.2) is 0 Å². The summed E-state index contributed by atoms with van der Waals surface area (Å²) in [6.45, 7) is 5.75. The Labute approximate surface area is 99.6 Å². The van der Waals surface area contributed by atoms with Crippen molar-refractivity contribution in [3.8, 4) is 0 Å². The molecule has 0 aliphatic carbocycles. The molecule has 92 valence electrons. The summed E-state index contributed by atoms with van der Waals surface area (Å²) in [6.07, 6.45) is 4.84. The van der Waals surface area contributed by atoms with Gasteiger partial charge in [-0.05, 0) is 25.3 Å². The van der Waals surface area contributed by atoms with Crippen LogP contribution in [0.1, 0.15) is 46.0 Å². The SMILES string of the molecule is CCC(CC)CC(=O)NCCCCN.Cl. The first kappa shape index (κ1) is 17.1. The summed E-state index contributed by atoms with van der Waals surface area (Å²) >= 11 is 0. The molecule has 3 N–H and O–H groups in total. The minimum absolute atomic E-state index is 0. The Balaban J connectivity index is 0. The van der Waals surface area contributed by atoms with Gasteiger partial charge in [0.1, 0.15) is 0 Å². The maximum atomic E-state index is 11.4. The summed E-state index contributed by atoms with van der Waals surface area (Å²) in [5, 5.41) is 2.92. The molecule has 0 radical (unpaired) electrons. The number of rotatable bonds is 8. The van der Waals surface area contributed by atoms with Gasteiger partial charge in [-0.2, -0.15) is 0 Å². The number of amides is 1. The number of nitrogens with two attached hydrogens (primary N) is 1. The predicted octanol–water partition coefficient (Wildman–Crippen LogP) is 2.09. The van der Waals surface area contributed by atoms with Crippen molar-refractivity contribution in [2.75, 3.05) is 13.1 Å². The van der Waals surface area contributed by atoms with Crippen LogP contribution >= 0.6 is 12.4 Å². The highest BCUT2D eigenvalue weighted by molar-refractivity contribution is 5.85. The molecule has 0 saturated heterocycles. The number of unbranched alkanes of at least 4 members (excludes halogenated alkanes) is 1. The van der Waals surface area contributed by atoms with Crippen molar-refractivity contribution >= 4 is 18.3 Å². The van der Waals surface area contributed by atoms with Crippen LogP contribution in [0.5, 0.6) is 0 Å². The second kappa shape index (κ2) is 11.8. The van der Waals surface area contributed by atoms with Crippen molar-refractivity contribution in [3.63, 3.8) is 0 Å². The number of hydrogen-bond acceptors (Lipinski definition) is 2. The fraction of sp³-hybridized carbons (Fsp3) is 0.909. The Hall–Kier alpha value is -0.280.